The lowest BCUT2D eigenvalue weighted by molar-refractivity contribution is -0.127. The Balaban J connectivity index is 2.82. The van der Waals surface area contributed by atoms with E-state index in [-0.39, 0.29) is 17.2 Å². The number of carbonyl (C=O) groups is 1. The Kier molecular flexibility index (Phi) is 7.66. The van der Waals surface area contributed by atoms with Crippen LogP contribution in [-0.2, 0) is 18.3 Å². The first kappa shape index (κ1) is 18.2. The van der Waals surface area contributed by atoms with Gasteiger partial charge in [-0.25, -0.2) is 4.98 Å². The topological polar surface area (TPSA) is 55.2 Å². The molecule has 1 aromatic rings. The fourth-order valence-corrected chi connectivity index (χ4v) is 2.79. The predicted molar refractivity (Wildman–Crippen MR) is 91.2 cm³/mol. The molecule has 0 atom stereocenters. The minimum atomic E-state index is -0.0950. The van der Waals surface area contributed by atoms with Crippen LogP contribution in [0, 0.1) is 0 Å². The monoisotopic (exact) mass is 321 g/mol. The van der Waals surface area contributed by atoms with Crippen molar-refractivity contribution < 1.29 is 4.79 Å². The van der Waals surface area contributed by atoms with Crippen LogP contribution in [0.3, 0.4) is 0 Å². The second-order valence-electron chi connectivity index (χ2n) is 4.84. The summed E-state index contributed by atoms with van der Waals surface area (Å²) in [5.41, 5.74) is 0.678. The molecule has 0 aliphatic rings. The van der Waals surface area contributed by atoms with Crippen LogP contribution in [0.1, 0.15) is 19.0 Å². The summed E-state index contributed by atoms with van der Waals surface area (Å²) in [5, 5.41) is 0.571. The molecule has 0 aliphatic carbocycles. The molecule has 120 valence electrons. The van der Waals surface area contributed by atoms with E-state index in [1.165, 1.54) is 16.3 Å². The van der Waals surface area contributed by atoms with Gasteiger partial charge in [0, 0.05) is 31.9 Å². The standard InChI is InChI=1S/C16H23N3O2S/c1-5-8-13-11-14(20)18(4)16(17-13)22-12-15(21)19(9-6-2)10-7-3/h6-7,11H,2-3,5,8-10,12H2,1,4H3. The quantitative estimate of drug-likeness (QED) is 0.397. The Morgan fingerprint density at radius 3 is 2.59 bits per heavy atom. The number of aryl methyl sites for hydroxylation is 1. The highest BCUT2D eigenvalue weighted by Crippen LogP contribution is 2.15. The van der Waals surface area contributed by atoms with Crippen LogP contribution < -0.4 is 5.56 Å². The van der Waals surface area contributed by atoms with Crippen LogP contribution >= 0.6 is 11.8 Å². The molecule has 0 saturated heterocycles. The van der Waals surface area contributed by atoms with Crippen LogP contribution in [0.4, 0.5) is 0 Å². The van der Waals surface area contributed by atoms with Crippen molar-refractivity contribution in [3.05, 3.63) is 47.4 Å². The van der Waals surface area contributed by atoms with Crippen molar-refractivity contribution in [1.82, 2.24) is 14.5 Å². The molecule has 1 aromatic heterocycles. The van der Waals surface area contributed by atoms with Gasteiger partial charge < -0.3 is 4.90 Å². The van der Waals surface area contributed by atoms with E-state index in [0.29, 0.717) is 18.2 Å². The first-order valence-electron chi connectivity index (χ1n) is 7.22. The molecule has 22 heavy (non-hydrogen) atoms. The molecule has 1 amide bonds. The van der Waals surface area contributed by atoms with Crippen molar-refractivity contribution in [2.75, 3.05) is 18.8 Å². The van der Waals surface area contributed by atoms with Gasteiger partial charge in [-0.15, -0.1) is 13.2 Å². The molecule has 0 N–H and O–H groups in total. The van der Waals surface area contributed by atoms with Gasteiger partial charge in [-0.2, -0.15) is 0 Å². The van der Waals surface area contributed by atoms with Crippen molar-refractivity contribution in [2.24, 2.45) is 7.05 Å². The van der Waals surface area contributed by atoms with Gasteiger partial charge in [0.25, 0.3) is 5.56 Å². The SMILES string of the molecule is C=CCN(CC=C)C(=O)CSc1nc(CCC)cc(=O)n1C. The Hall–Kier alpha value is -1.82. The number of aromatic nitrogens is 2. The summed E-state index contributed by atoms with van der Waals surface area (Å²) in [6, 6.07) is 1.55. The van der Waals surface area contributed by atoms with Crippen molar-refractivity contribution in [3.8, 4) is 0 Å². The minimum Gasteiger partial charge on any atom is -0.335 e. The Bertz CT molecular complexity index is 586. The first-order chi connectivity index (χ1) is 10.5. The second kappa shape index (κ2) is 9.25. The van der Waals surface area contributed by atoms with E-state index in [9.17, 15) is 9.59 Å². The molecule has 0 saturated carbocycles. The zero-order chi connectivity index (χ0) is 16.5. The smallest absolute Gasteiger partial charge is 0.254 e. The van der Waals surface area contributed by atoms with Gasteiger partial charge in [-0.1, -0.05) is 37.3 Å². The maximum atomic E-state index is 12.2. The first-order valence-corrected chi connectivity index (χ1v) is 8.21. The summed E-state index contributed by atoms with van der Waals surface area (Å²) >= 11 is 1.28. The number of thioether (sulfide) groups is 1. The normalized spacial score (nSPS) is 10.3. The van der Waals surface area contributed by atoms with E-state index in [1.807, 2.05) is 6.92 Å². The van der Waals surface area contributed by atoms with Crippen LogP contribution in [0.25, 0.3) is 0 Å². The molecular weight excluding hydrogens is 298 g/mol. The van der Waals surface area contributed by atoms with Gasteiger partial charge >= 0.3 is 0 Å². The molecule has 1 heterocycles. The number of hydrogen-bond donors (Lipinski definition) is 0. The summed E-state index contributed by atoms with van der Waals surface area (Å²) < 4.78 is 1.47. The highest BCUT2D eigenvalue weighted by atomic mass is 32.2. The molecule has 1 rings (SSSR count). The fraction of sp³-hybridized carbons (Fsp3) is 0.438. The summed E-state index contributed by atoms with van der Waals surface area (Å²) in [7, 11) is 1.67. The van der Waals surface area contributed by atoms with Crippen molar-refractivity contribution in [3.63, 3.8) is 0 Å². The Labute approximate surface area is 135 Å². The predicted octanol–water partition coefficient (Wildman–Crippen LogP) is 2.03. The summed E-state index contributed by atoms with van der Waals surface area (Å²) in [6.07, 6.45) is 5.05. The van der Waals surface area contributed by atoms with E-state index in [1.54, 1.807) is 30.2 Å². The number of hydrogen-bond acceptors (Lipinski definition) is 4. The maximum absolute atomic E-state index is 12.2. The molecule has 0 spiro atoms. The number of carbonyl (C=O) groups excluding carboxylic acids is 1. The second-order valence-corrected chi connectivity index (χ2v) is 5.78. The molecule has 0 bridgehead atoms. The lowest BCUT2D eigenvalue weighted by Gasteiger charge is -2.19. The molecule has 6 heteroatoms. The van der Waals surface area contributed by atoms with E-state index >= 15 is 0 Å². The summed E-state index contributed by atoms with van der Waals surface area (Å²) in [6.45, 7) is 10.3. The average molecular weight is 321 g/mol. The molecule has 0 unspecified atom stereocenters. The molecule has 0 aromatic carbocycles. The zero-order valence-corrected chi connectivity index (χ0v) is 14.1. The van der Waals surface area contributed by atoms with Gasteiger partial charge in [-0.3, -0.25) is 14.2 Å². The fourth-order valence-electron chi connectivity index (χ4n) is 1.88. The van der Waals surface area contributed by atoms with E-state index in [4.69, 9.17) is 0 Å². The highest BCUT2D eigenvalue weighted by Gasteiger charge is 2.13. The van der Waals surface area contributed by atoms with E-state index in [2.05, 4.69) is 18.1 Å². The van der Waals surface area contributed by atoms with Crippen molar-refractivity contribution in [2.45, 2.75) is 24.9 Å². The summed E-state index contributed by atoms with van der Waals surface area (Å²) in [4.78, 5) is 30.2. The lowest BCUT2D eigenvalue weighted by atomic mass is 10.2. The van der Waals surface area contributed by atoms with E-state index in [0.717, 1.165) is 18.5 Å². The molecule has 5 nitrogen and oxygen atoms in total. The van der Waals surface area contributed by atoms with Crippen molar-refractivity contribution in [1.29, 1.82) is 0 Å². The van der Waals surface area contributed by atoms with Gasteiger partial charge in [-0.05, 0) is 6.42 Å². The van der Waals surface area contributed by atoms with Crippen LogP contribution in [-0.4, -0.2) is 39.2 Å². The van der Waals surface area contributed by atoms with Gasteiger partial charge in [0.15, 0.2) is 5.16 Å². The van der Waals surface area contributed by atoms with Crippen molar-refractivity contribution >= 4 is 17.7 Å². The van der Waals surface area contributed by atoms with Crippen LogP contribution in [0.2, 0.25) is 0 Å². The Morgan fingerprint density at radius 2 is 2.05 bits per heavy atom. The molecule has 0 radical (unpaired) electrons. The van der Waals surface area contributed by atoms with Crippen LogP contribution in [0.15, 0.2) is 41.3 Å². The number of amides is 1. The largest absolute Gasteiger partial charge is 0.335 e. The van der Waals surface area contributed by atoms with Crippen LogP contribution in [0.5, 0.6) is 0 Å². The van der Waals surface area contributed by atoms with E-state index < -0.39 is 0 Å². The average Bonchev–Trinajstić information content (AvgIpc) is 2.49. The zero-order valence-electron chi connectivity index (χ0n) is 13.2. The molecular formula is C16H23N3O2S. The third-order valence-corrected chi connectivity index (χ3v) is 4.04. The summed E-state index contributed by atoms with van der Waals surface area (Å²) in [5.74, 6) is 0.206. The minimum absolute atomic E-state index is 0.0278. The third-order valence-electron chi connectivity index (χ3n) is 3.03. The highest BCUT2D eigenvalue weighted by molar-refractivity contribution is 7.99. The molecule has 0 aliphatic heterocycles. The molecule has 0 fully saturated rings. The van der Waals surface area contributed by atoms with Gasteiger partial charge in [0.05, 0.1) is 5.75 Å². The third kappa shape index (κ3) is 5.18. The Morgan fingerprint density at radius 1 is 1.41 bits per heavy atom. The number of nitrogens with zero attached hydrogens (tertiary/aromatic N) is 3. The lowest BCUT2D eigenvalue weighted by Crippen LogP contribution is -2.33. The van der Waals surface area contributed by atoms with Gasteiger partial charge in [0.2, 0.25) is 5.91 Å². The maximum Gasteiger partial charge on any atom is 0.254 e. The van der Waals surface area contributed by atoms with Gasteiger partial charge in [0.1, 0.15) is 0 Å². The number of rotatable bonds is 9.